The van der Waals surface area contributed by atoms with Gasteiger partial charge in [-0.2, -0.15) is 0 Å². The van der Waals surface area contributed by atoms with Crippen LogP contribution in [-0.2, 0) is 19.6 Å². The van der Waals surface area contributed by atoms with Crippen molar-refractivity contribution in [2.45, 2.75) is 65.2 Å². The molecule has 0 saturated carbocycles. The van der Waals surface area contributed by atoms with E-state index in [1.807, 2.05) is 31.2 Å². The van der Waals surface area contributed by atoms with Crippen molar-refractivity contribution in [3.8, 4) is 0 Å². The number of nitrogens with zero attached hydrogens (tertiary/aromatic N) is 2. The van der Waals surface area contributed by atoms with Crippen LogP contribution in [0.3, 0.4) is 0 Å². The van der Waals surface area contributed by atoms with Crippen LogP contribution < -0.4 is 16.0 Å². The van der Waals surface area contributed by atoms with Gasteiger partial charge in [-0.3, -0.25) is 14.7 Å². The molecule has 1 aliphatic heterocycles. The number of rotatable bonds is 9. The van der Waals surface area contributed by atoms with E-state index in [-0.39, 0.29) is 35.9 Å². The van der Waals surface area contributed by atoms with E-state index in [4.69, 9.17) is 0 Å². The number of carbonyl (C=O) groups excluding carboxylic acids is 1. The highest BCUT2D eigenvalue weighted by molar-refractivity contribution is 14.0. The van der Waals surface area contributed by atoms with Gasteiger partial charge in [-0.25, -0.2) is 0 Å². The lowest BCUT2D eigenvalue weighted by atomic mass is 10.1. The average Bonchev–Trinajstić information content (AvgIpc) is 2.85. The molecule has 1 saturated heterocycles. The lowest BCUT2D eigenvalue weighted by Gasteiger charge is -2.26. The van der Waals surface area contributed by atoms with E-state index >= 15 is 0 Å². The molecule has 0 bridgehead atoms. The van der Waals surface area contributed by atoms with Crippen molar-refractivity contribution in [1.29, 1.82) is 0 Å². The summed E-state index contributed by atoms with van der Waals surface area (Å²) < 4.78 is 0. The van der Waals surface area contributed by atoms with Crippen LogP contribution in [-0.4, -0.2) is 42.9 Å². The molecule has 0 radical (unpaired) electrons. The van der Waals surface area contributed by atoms with Crippen LogP contribution in [0, 0.1) is 0 Å². The molecule has 1 fully saturated rings. The standard InChI is InChI=1S/C27H39N5O.HI/c1-4-21(2)31-26(33)25-10-8-9-24(17-25)19-30-27(28-3)29-18-22-11-13-23(14-12-22)20-32-15-6-5-7-16-32;/h8-14,17,21H,4-7,15-16,18-20H2,1-3H3,(H,31,33)(H2,28,29,30);1H. The third-order valence-corrected chi connectivity index (χ3v) is 6.20. The highest BCUT2D eigenvalue weighted by Gasteiger charge is 2.11. The Morgan fingerprint density at radius 2 is 1.62 bits per heavy atom. The van der Waals surface area contributed by atoms with E-state index in [2.05, 4.69) is 57.0 Å². The van der Waals surface area contributed by atoms with E-state index in [0.29, 0.717) is 18.7 Å². The lowest BCUT2D eigenvalue weighted by molar-refractivity contribution is 0.0939. The molecule has 2 aromatic carbocycles. The molecule has 3 rings (SSSR count). The van der Waals surface area contributed by atoms with E-state index in [0.717, 1.165) is 24.5 Å². The van der Waals surface area contributed by atoms with Gasteiger partial charge in [0.1, 0.15) is 0 Å². The van der Waals surface area contributed by atoms with Crippen LogP contribution in [0.4, 0.5) is 0 Å². The third-order valence-electron chi connectivity index (χ3n) is 6.20. The van der Waals surface area contributed by atoms with Crippen LogP contribution in [0.25, 0.3) is 0 Å². The Morgan fingerprint density at radius 1 is 0.971 bits per heavy atom. The van der Waals surface area contributed by atoms with Gasteiger partial charge in [0.05, 0.1) is 0 Å². The minimum atomic E-state index is -0.0301. The molecule has 0 spiro atoms. The summed E-state index contributed by atoms with van der Waals surface area (Å²) >= 11 is 0. The molecule has 1 aliphatic rings. The summed E-state index contributed by atoms with van der Waals surface area (Å²) in [6.45, 7) is 8.87. The number of carbonyl (C=O) groups is 1. The number of piperidine rings is 1. The number of benzene rings is 2. The van der Waals surface area contributed by atoms with Gasteiger partial charge in [-0.15, -0.1) is 24.0 Å². The van der Waals surface area contributed by atoms with Crippen LogP contribution in [0.15, 0.2) is 53.5 Å². The van der Waals surface area contributed by atoms with Gasteiger partial charge in [-0.1, -0.05) is 49.7 Å². The summed E-state index contributed by atoms with van der Waals surface area (Å²) in [6, 6.07) is 16.7. The molecule has 1 atom stereocenters. The lowest BCUT2D eigenvalue weighted by Crippen LogP contribution is -2.36. The number of hydrogen-bond donors (Lipinski definition) is 3. The summed E-state index contributed by atoms with van der Waals surface area (Å²) in [5.74, 6) is 0.708. The molecule has 0 aliphatic carbocycles. The first-order valence-electron chi connectivity index (χ1n) is 12.2. The Hall–Kier alpha value is -2.13. The number of likely N-dealkylation sites (tertiary alicyclic amines) is 1. The predicted octanol–water partition coefficient (Wildman–Crippen LogP) is 4.68. The monoisotopic (exact) mass is 577 g/mol. The number of aliphatic imine (C=N–C) groups is 1. The van der Waals surface area contributed by atoms with E-state index in [1.165, 1.54) is 43.5 Å². The summed E-state index contributed by atoms with van der Waals surface area (Å²) in [5, 5.41) is 9.73. The SMILES string of the molecule is CCC(C)NC(=O)c1cccc(CNC(=NC)NCc2ccc(CN3CCCCC3)cc2)c1.I. The summed E-state index contributed by atoms with van der Waals surface area (Å²) in [5.41, 5.74) is 4.32. The van der Waals surface area contributed by atoms with Gasteiger partial charge in [0.25, 0.3) is 5.91 Å². The number of amides is 1. The summed E-state index contributed by atoms with van der Waals surface area (Å²) in [6.07, 6.45) is 4.93. The molecule has 34 heavy (non-hydrogen) atoms. The number of guanidine groups is 1. The van der Waals surface area contributed by atoms with E-state index < -0.39 is 0 Å². The maximum atomic E-state index is 12.4. The highest BCUT2D eigenvalue weighted by Crippen LogP contribution is 2.13. The first-order valence-corrected chi connectivity index (χ1v) is 12.2. The number of nitrogens with one attached hydrogen (secondary N) is 3. The van der Waals surface area contributed by atoms with Crippen molar-refractivity contribution in [3.63, 3.8) is 0 Å². The second-order valence-corrected chi connectivity index (χ2v) is 8.92. The number of hydrogen-bond acceptors (Lipinski definition) is 3. The van der Waals surface area contributed by atoms with Crippen molar-refractivity contribution in [1.82, 2.24) is 20.9 Å². The van der Waals surface area contributed by atoms with Crippen LogP contribution in [0.5, 0.6) is 0 Å². The zero-order valence-corrected chi connectivity index (χ0v) is 23.1. The normalized spacial score (nSPS) is 15.2. The molecule has 186 valence electrons. The van der Waals surface area contributed by atoms with Gasteiger partial charge < -0.3 is 16.0 Å². The van der Waals surface area contributed by atoms with E-state index in [1.54, 1.807) is 7.05 Å². The zero-order chi connectivity index (χ0) is 23.5. The average molecular weight is 578 g/mol. The fourth-order valence-electron chi connectivity index (χ4n) is 3.96. The van der Waals surface area contributed by atoms with Gasteiger partial charge in [0.15, 0.2) is 5.96 Å². The van der Waals surface area contributed by atoms with Crippen molar-refractivity contribution >= 4 is 35.8 Å². The summed E-state index contributed by atoms with van der Waals surface area (Å²) in [4.78, 5) is 19.3. The largest absolute Gasteiger partial charge is 0.352 e. The summed E-state index contributed by atoms with van der Waals surface area (Å²) in [7, 11) is 1.77. The predicted molar refractivity (Wildman–Crippen MR) is 152 cm³/mol. The Bertz CT molecular complexity index is 909. The molecule has 1 heterocycles. The third kappa shape index (κ3) is 9.25. The van der Waals surface area contributed by atoms with Crippen molar-refractivity contribution in [2.75, 3.05) is 20.1 Å². The van der Waals surface area contributed by atoms with Crippen molar-refractivity contribution in [3.05, 3.63) is 70.8 Å². The van der Waals surface area contributed by atoms with Crippen LogP contribution in [0.2, 0.25) is 0 Å². The molecular weight excluding hydrogens is 537 g/mol. The molecule has 3 N–H and O–H groups in total. The second kappa shape index (κ2) is 15.0. The molecular formula is C27H40IN5O. The topological polar surface area (TPSA) is 68.8 Å². The minimum absolute atomic E-state index is 0. The fraction of sp³-hybridized carbons (Fsp3) is 0.481. The fourth-order valence-corrected chi connectivity index (χ4v) is 3.96. The molecule has 0 aromatic heterocycles. The first kappa shape index (κ1) is 28.1. The molecule has 1 unspecified atom stereocenters. The van der Waals surface area contributed by atoms with Gasteiger partial charge >= 0.3 is 0 Å². The van der Waals surface area contributed by atoms with Crippen LogP contribution in [0.1, 0.15) is 66.6 Å². The Kier molecular flexibility index (Phi) is 12.4. The van der Waals surface area contributed by atoms with Gasteiger partial charge in [-0.05, 0) is 68.1 Å². The zero-order valence-electron chi connectivity index (χ0n) is 20.8. The second-order valence-electron chi connectivity index (χ2n) is 8.92. The maximum Gasteiger partial charge on any atom is 0.251 e. The van der Waals surface area contributed by atoms with Gasteiger partial charge in [0.2, 0.25) is 0 Å². The Morgan fingerprint density at radius 3 is 2.26 bits per heavy atom. The highest BCUT2D eigenvalue weighted by atomic mass is 127. The molecule has 7 heteroatoms. The minimum Gasteiger partial charge on any atom is -0.352 e. The van der Waals surface area contributed by atoms with Crippen LogP contribution >= 0.6 is 24.0 Å². The Labute approximate surface area is 222 Å². The van der Waals surface area contributed by atoms with E-state index in [9.17, 15) is 4.79 Å². The quantitative estimate of drug-likeness (QED) is 0.230. The van der Waals surface area contributed by atoms with Crippen molar-refractivity contribution in [2.24, 2.45) is 4.99 Å². The van der Waals surface area contributed by atoms with Gasteiger partial charge in [0, 0.05) is 38.3 Å². The molecule has 1 amide bonds. The molecule has 2 aromatic rings. The number of halogens is 1. The smallest absolute Gasteiger partial charge is 0.251 e. The Balaban J connectivity index is 0.00000408. The first-order chi connectivity index (χ1) is 16.1. The molecule has 6 nitrogen and oxygen atoms in total. The maximum absolute atomic E-state index is 12.4. The van der Waals surface area contributed by atoms with Crippen molar-refractivity contribution < 1.29 is 4.79 Å².